The monoisotopic (exact) mass is 249 g/mol. The molecule has 1 aliphatic rings. The SMILES string of the molecule is CC(C)c1cncc2c1C(C(C)C)CCCS2. The van der Waals surface area contributed by atoms with Crippen molar-refractivity contribution in [2.45, 2.75) is 57.3 Å². The van der Waals surface area contributed by atoms with Gasteiger partial charge in [-0.05, 0) is 47.5 Å². The van der Waals surface area contributed by atoms with E-state index in [4.69, 9.17) is 0 Å². The summed E-state index contributed by atoms with van der Waals surface area (Å²) in [5.74, 6) is 3.28. The maximum absolute atomic E-state index is 4.43. The molecule has 0 bridgehead atoms. The summed E-state index contributed by atoms with van der Waals surface area (Å²) in [7, 11) is 0. The highest BCUT2D eigenvalue weighted by atomic mass is 32.2. The number of nitrogens with zero attached hydrogens (tertiary/aromatic N) is 1. The largest absolute Gasteiger partial charge is 0.263 e. The van der Waals surface area contributed by atoms with E-state index < -0.39 is 0 Å². The molecule has 94 valence electrons. The third kappa shape index (κ3) is 2.67. The van der Waals surface area contributed by atoms with E-state index in [-0.39, 0.29) is 0 Å². The fourth-order valence-corrected chi connectivity index (χ4v) is 3.83. The average Bonchev–Trinajstić information content (AvgIpc) is 2.50. The summed E-state index contributed by atoms with van der Waals surface area (Å²) in [6.07, 6.45) is 6.83. The van der Waals surface area contributed by atoms with Gasteiger partial charge in [-0.25, -0.2) is 0 Å². The average molecular weight is 249 g/mol. The molecule has 2 heterocycles. The maximum Gasteiger partial charge on any atom is 0.0407 e. The Hall–Kier alpha value is -0.500. The molecule has 0 N–H and O–H groups in total. The van der Waals surface area contributed by atoms with Gasteiger partial charge in [-0.2, -0.15) is 0 Å². The Balaban J connectivity index is 2.52. The molecule has 0 spiro atoms. The number of thioether (sulfide) groups is 1. The smallest absolute Gasteiger partial charge is 0.0407 e. The lowest BCUT2D eigenvalue weighted by Crippen LogP contribution is -2.11. The van der Waals surface area contributed by atoms with Gasteiger partial charge in [-0.15, -0.1) is 11.8 Å². The van der Waals surface area contributed by atoms with Gasteiger partial charge >= 0.3 is 0 Å². The number of fused-ring (bicyclic) bond motifs is 1. The lowest BCUT2D eigenvalue weighted by Gasteiger charge is -2.25. The van der Waals surface area contributed by atoms with Crippen LogP contribution in [0.2, 0.25) is 0 Å². The van der Waals surface area contributed by atoms with Gasteiger partial charge in [0.05, 0.1) is 0 Å². The lowest BCUT2D eigenvalue weighted by molar-refractivity contribution is 0.457. The number of aromatic nitrogens is 1. The van der Waals surface area contributed by atoms with E-state index in [1.165, 1.54) is 29.1 Å². The van der Waals surface area contributed by atoms with Crippen molar-refractivity contribution in [1.29, 1.82) is 0 Å². The normalized spacial score (nSPS) is 20.5. The molecule has 2 heteroatoms. The Bertz CT molecular complexity index is 385. The van der Waals surface area contributed by atoms with Crippen molar-refractivity contribution in [3.05, 3.63) is 23.5 Å². The van der Waals surface area contributed by atoms with Crippen molar-refractivity contribution in [3.8, 4) is 0 Å². The Kier molecular flexibility index (Phi) is 4.13. The van der Waals surface area contributed by atoms with Crippen molar-refractivity contribution in [1.82, 2.24) is 4.98 Å². The summed E-state index contributed by atoms with van der Waals surface area (Å²) < 4.78 is 0. The van der Waals surface area contributed by atoms with Crippen molar-refractivity contribution in [2.75, 3.05) is 5.75 Å². The van der Waals surface area contributed by atoms with Crippen LogP contribution in [0.15, 0.2) is 17.3 Å². The van der Waals surface area contributed by atoms with Gasteiger partial charge in [-0.3, -0.25) is 4.98 Å². The molecule has 0 saturated carbocycles. The highest BCUT2D eigenvalue weighted by Gasteiger charge is 2.25. The van der Waals surface area contributed by atoms with Gasteiger partial charge in [0.2, 0.25) is 0 Å². The van der Waals surface area contributed by atoms with E-state index in [2.05, 4.69) is 45.1 Å². The van der Waals surface area contributed by atoms with Crippen molar-refractivity contribution in [2.24, 2.45) is 5.92 Å². The van der Waals surface area contributed by atoms with Crippen LogP contribution in [0, 0.1) is 5.92 Å². The summed E-state index contributed by atoms with van der Waals surface area (Å²) in [5.41, 5.74) is 3.07. The lowest BCUT2D eigenvalue weighted by atomic mass is 9.81. The first-order valence-corrected chi connectivity index (χ1v) is 7.70. The second kappa shape index (κ2) is 5.43. The summed E-state index contributed by atoms with van der Waals surface area (Å²) in [6.45, 7) is 9.28. The van der Waals surface area contributed by atoms with Crippen molar-refractivity contribution < 1.29 is 0 Å². The minimum Gasteiger partial charge on any atom is -0.263 e. The van der Waals surface area contributed by atoms with Crippen LogP contribution in [-0.4, -0.2) is 10.7 Å². The van der Waals surface area contributed by atoms with Gasteiger partial charge in [0, 0.05) is 17.3 Å². The molecule has 0 radical (unpaired) electrons. The standard InChI is InChI=1S/C15H23NS/c1-10(2)12-6-5-7-17-14-9-16-8-13(11(3)4)15(12)14/h8-12H,5-7H2,1-4H3. The van der Waals surface area contributed by atoms with E-state index in [0.717, 1.165) is 11.8 Å². The molecule has 1 aromatic heterocycles. The number of hydrogen-bond donors (Lipinski definition) is 0. The van der Waals surface area contributed by atoms with E-state index in [1.54, 1.807) is 5.56 Å². The van der Waals surface area contributed by atoms with E-state index in [9.17, 15) is 0 Å². The molecule has 2 rings (SSSR count). The molecular weight excluding hydrogens is 226 g/mol. The van der Waals surface area contributed by atoms with Gasteiger partial charge < -0.3 is 0 Å². The predicted octanol–water partition coefficient (Wildman–Crippen LogP) is 4.83. The molecule has 0 aliphatic carbocycles. The maximum atomic E-state index is 4.43. The molecule has 0 amide bonds. The summed E-state index contributed by atoms with van der Waals surface area (Å²) in [6, 6.07) is 0. The summed E-state index contributed by atoms with van der Waals surface area (Å²) in [4.78, 5) is 5.87. The molecule has 17 heavy (non-hydrogen) atoms. The minimum absolute atomic E-state index is 0.581. The topological polar surface area (TPSA) is 12.9 Å². The van der Waals surface area contributed by atoms with Crippen molar-refractivity contribution >= 4 is 11.8 Å². The van der Waals surface area contributed by atoms with Crippen LogP contribution >= 0.6 is 11.8 Å². The Labute approximate surface area is 109 Å². The minimum atomic E-state index is 0.581. The van der Waals surface area contributed by atoms with Gasteiger partial charge in [0.15, 0.2) is 0 Å². The highest BCUT2D eigenvalue weighted by molar-refractivity contribution is 7.99. The third-order valence-corrected chi connectivity index (χ3v) is 4.83. The highest BCUT2D eigenvalue weighted by Crippen LogP contribution is 2.42. The van der Waals surface area contributed by atoms with Gasteiger partial charge in [0.1, 0.15) is 0 Å². The Morgan fingerprint density at radius 1 is 1.24 bits per heavy atom. The molecular formula is C15H23NS. The van der Waals surface area contributed by atoms with Gasteiger partial charge in [-0.1, -0.05) is 27.7 Å². The molecule has 0 aromatic carbocycles. The van der Waals surface area contributed by atoms with Crippen LogP contribution in [0.4, 0.5) is 0 Å². The van der Waals surface area contributed by atoms with Crippen LogP contribution in [-0.2, 0) is 0 Å². The fraction of sp³-hybridized carbons (Fsp3) is 0.667. The fourth-order valence-electron chi connectivity index (χ4n) is 2.73. The third-order valence-electron chi connectivity index (χ3n) is 3.70. The van der Waals surface area contributed by atoms with Crippen LogP contribution in [0.25, 0.3) is 0 Å². The van der Waals surface area contributed by atoms with E-state index in [0.29, 0.717) is 5.92 Å². The van der Waals surface area contributed by atoms with Crippen molar-refractivity contribution in [3.63, 3.8) is 0 Å². The van der Waals surface area contributed by atoms with Crippen LogP contribution < -0.4 is 0 Å². The molecule has 1 aliphatic heterocycles. The molecule has 0 saturated heterocycles. The van der Waals surface area contributed by atoms with Crippen LogP contribution in [0.3, 0.4) is 0 Å². The number of hydrogen-bond acceptors (Lipinski definition) is 2. The molecule has 1 unspecified atom stereocenters. The predicted molar refractivity (Wildman–Crippen MR) is 75.9 cm³/mol. The molecule has 0 fully saturated rings. The number of pyridine rings is 1. The summed E-state index contributed by atoms with van der Waals surface area (Å²) >= 11 is 2.00. The molecule has 1 nitrogen and oxygen atoms in total. The van der Waals surface area contributed by atoms with E-state index in [1.807, 2.05) is 11.8 Å². The Morgan fingerprint density at radius 2 is 2.00 bits per heavy atom. The number of rotatable bonds is 2. The summed E-state index contributed by atoms with van der Waals surface area (Å²) in [5, 5.41) is 0. The quantitative estimate of drug-likeness (QED) is 0.744. The first kappa shape index (κ1) is 12.9. The first-order chi connectivity index (χ1) is 8.11. The second-order valence-electron chi connectivity index (χ2n) is 5.64. The Morgan fingerprint density at radius 3 is 2.65 bits per heavy atom. The first-order valence-electron chi connectivity index (χ1n) is 6.71. The van der Waals surface area contributed by atoms with Crippen LogP contribution in [0.5, 0.6) is 0 Å². The van der Waals surface area contributed by atoms with Crippen LogP contribution in [0.1, 0.15) is 63.5 Å². The zero-order chi connectivity index (χ0) is 12.4. The van der Waals surface area contributed by atoms with Gasteiger partial charge in [0.25, 0.3) is 0 Å². The molecule has 1 aromatic rings. The van der Waals surface area contributed by atoms with E-state index >= 15 is 0 Å². The second-order valence-corrected chi connectivity index (χ2v) is 6.77. The zero-order valence-corrected chi connectivity index (χ0v) is 12.2. The zero-order valence-electron chi connectivity index (χ0n) is 11.4. The molecule has 1 atom stereocenters.